The number of epoxide rings is 1. The zero-order valence-electron chi connectivity index (χ0n) is 8.68. The molecule has 0 aromatic heterocycles. The highest BCUT2D eigenvalue weighted by Crippen LogP contribution is 2.34. The van der Waals surface area contributed by atoms with Crippen LogP contribution in [0.15, 0.2) is 29.2 Å². The van der Waals surface area contributed by atoms with Crippen molar-refractivity contribution in [1.82, 2.24) is 0 Å². The van der Waals surface area contributed by atoms with Crippen molar-refractivity contribution in [3.8, 4) is 0 Å². The topological polar surface area (TPSA) is 113 Å². The minimum Gasteiger partial charge on any atom is -0.372 e. The fourth-order valence-corrected chi connectivity index (χ4v) is 3.21. The normalized spacial score (nSPS) is 20.3. The van der Waals surface area contributed by atoms with Gasteiger partial charge in [-0.05, 0) is 6.07 Å². The summed E-state index contributed by atoms with van der Waals surface area (Å²) in [5.41, 5.74) is -0.346. The molecule has 1 heterocycles. The van der Waals surface area contributed by atoms with Crippen molar-refractivity contribution < 1.29 is 23.0 Å². The quantitative estimate of drug-likeness (QED) is 0.492. The molecule has 0 radical (unpaired) electrons. The first kappa shape index (κ1) is 14.7. The molecule has 0 unspecified atom stereocenters. The van der Waals surface area contributed by atoms with E-state index in [2.05, 4.69) is 0 Å². The summed E-state index contributed by atoms with van der Waals surface area (Å²) >= 11 is 0. The maximum absolute atomic E-state index is 12.0. The van der Waals surface area contributed by atoms with Crippen LogP contribution in [0.5, 0.6) is 0 Å². The Labute approximate surface area is 104 Å². The van der Waals surface area contributed by atoms with Crippen molar-refractivity contribution in [2.45, 2.75) is 18.4 Å². The Morgan fingerprint density at radius 1 is 1.50 bits per heavy atom. The molecule has 0 aliphatic carbocycles. The van der Waals surface area contributed by atoms with Crippen molar-refractivity contribution in [3.63, 3.8) is 0 Å². The Morgan fingerprint density at radius 2 is 2.11 bits per heavy atom. The summed E-state index contributed by atoms with van der Waals surface area (Å²) in [4.78, 5) is 9.50. The lowest BCUT2D eigenvalue weighted by molar-refractivity contribution is -0.385. The minimum atomic E-state index is -5.05. The number of rotatable bonds is 4. The molecule has 2 rings (SSSR count). The Balaban J connectivity index is 0.00000162. The van der Waals surface area contributed by atoms with E-state index in [1.54, 1.807) is 0 Å². The molecule has 1 aliphatic heterocycles. The summed E-state index contributed by atoms with van der Waals surface area (Å²) in [5, 5.41) is 10.5. The van der Waals surface area contributed by atoms with E-state index in [0.29, 0.717) is 6.61 Å². The van der Waals surface area contributed by atoms with Crippen molar-refractivity contribution in [1.29, 1.82) is 0 Å². The number of non-ortho nitro benzene ring substituents is 1. The van der Waals surface area contributed by atoms with Gasteiger partial charge in [0.2, 0.25) is 0 Å². The van der Waals surface area contributed by atoms with Gasteiger partial charge >= 0.3 is 0 Å². The minimum absolute atomic E-state index is 0. The molecule has 0 spiro atoms. The van der Waals surface area contributed by atoms with Crippen LogP contribution in [0.3, 0.4) is 0 Å². The van der Waals surface area contributed by atoms with Crippen LogP contribution in [-0.4, -0.2) is 36.7 Å². The van der Waals surface area contributed by atoms with Gasteiger partial charge in [0.25, 0.3) is 5.69 Å². The van der Waals surface area contributed by atoms with Gasteiger partial charge in [-0.15, -0.1) is 0 Å². The zero-order valence-corrected chi connectivity index (χ0v) is 9.50. The SMILES string of the molecule is C.O=[N+]([O-])c1cccc(S(=O)(O)(O)C[C@H]2CO2)c1. The lowest BCUT2D eigenvalue weighted by atomic mass is 10.3. The second kappa shape index (κ2) is 4.39. The zero-order chi connectivity index (χ0) is 12.7. The predicted molar refractivity (Wildman–Crippen MR) is 66.1 cm³/mol. The maximum atomic E-state index is 12.0. The number of hydrogen-bond donors (Lipinski definition) is 2. The van der Waals surface area contributed by atoms with Gasteiger partial charge in [0, 0.05) is 12.1 Å². The van der Waals surface area contributed by atoms with Crippen LogP contribution in [0.1, 0.15) is 7.43 Å². The Kier molecular flexibility index (Phi) is 3.59. The van der Waals surface area contributed by atoms with Crippen LogP contribution in [0.25, 0.3) is 0 Å². The number of nitrogens with zero attached hydrogens (tertiary/aromatic N) is 1. The van der Waals surface area contributed by atoms with Crippen molar-refractivity contribution >= 4 is 15.3 Å². The smallest absolute Gasteiger partial charge is 0.270 e. The summed E-state index contributed by atoms with van der Waals surface area (Å²) in [6.07, 6.45) is -0.469. The highest BCUT2D eigenvalue weighted by atomic mass is 32.3. The van der Waals surface area contributed by atoms with Gasteiger partial charge in [0.05, 0.1) is 28.3 Å². The first-order chi connectivity index (χ1) is 7.76. The van der Waals surface area contributed by atoms with E-state index in [0.717, 1.165) is 6.07 Å². The Hall–Kier alpha value is -1.35. The van der Waals surface area contributed by atoms with E-state index in [1.165, 1.54) is 18.2 Å². The van der Waals surface area contributed by atoms with E-state index in [1.807, 2.05) is 0 Å². The second-order valence-corrected chi connectivity index (χ2v) is 6.73. The van der Waals surface area contributed by atoms with Crippen LogP contribution < -0.4 is 0 Å². The molecule has 1 atom stereocenters. The van der Waals surface area contributed by atoms with E-state index in [-0.39, 0.29) is 18.0 Å². The standard InChI is InChI=1S/C9H11NO6S.CH4/c11-10(12)7-2-1-3-9(4-7)17(13,14,15)6-8-5-16-8;/h1-4,8H,5-6H2,(H2,13,14,15);1H4/t8-;/m1./s1. The molecule has 18 heavy (non-hydrogen) atoms. The van der Waals surface area contributed by atoms with Crippen LogP contribution in [-0.2, 0) is 14.4 Å². The molecule has 7 nitrogen and oxygen atoms in total. The average Bonchev–Trinajstić information content (AvgIpc) is 3.00. The average molecular weight is 277 g/mol. The first-order valence-corrected chi connectivity index (χ1v) is 6.82. The molecule has 102 valence electrons. The number of hydrogen-bond acceptors (Lipinski definition) is 4. The van der Waals surface area contributed by atoms with Crippen LogP contribution in [0.2, 0.25) is 0 Å². The molecule has 0 saturated carbocycles. The van der Waals surface area contributed by atoms with Gasteiger partial charge in [0.15, 0.2) is 0 Å². The molecular formula is C10H15NO6S. The van der Waals surface area contributed by atoms with Crippen LogP contribution in [0, 0.1) is 10.1 Å². The van der Waals surface area contributed by atoms with Gasteiger partial charge in [-0.1, -0.05) is 13.5 Å². The Morgan fingerprint density at radius 3 is 2.61 bits per heavy atom. The van der Waals surface area contributed by atoms with E-state index in [9.17, 15) is 23.4 Å². The molecule has 8 heteroatoms. The van der Waals surface area contributed by atoms with Gasteiger partial charge in [-0.3, -0.25) is 10.1 Å². The summed E-state index contributed by atoms with van der Waals surface area (Å²) in [6.45, 7) is 0.310. The molecular weight excluding hydrogens is 262 g/mol. The van der Waals surface area contributed by atoms with Crippen molar-refractivity contribution in [2.75, 3.05) is 12.4 Å². The molecule has 0 bridgehead atoms. The van der Waals surface area contributed by atoms with E-state index >= 15 is 0 Å². The summed E-state index contributed by atoms with van der Waals surface area (Å²) in [5.74, 6) is -0.460. The molecule has 1 aliphatic rings. The number of nitro benzene ring substituents is 1. The third-order valence-electron chi connectivity index (χ3n) is 2.39. The third-order valence-corrected chi connectivity index (χ3v) is 4.56. The second-order valence-electron chi connectivity index (χ2n) is 3.89. The monoisotopic (exact) mass is 277 g/mol. The van der Waals surface area contributed by atoms with Crippen LogP contribution >= 0.6 is 0 Å². The maximum Gasteiger partial charge on any atom is 0.270 e. The molecule has 1 aromatic carbocycles. The first-order valence-electron chi connectivity index (χ1n) is 4.78. The molecule has 1 fully saturated rings. The molecule has 2 N–H and O–H groups in total. The predicted octanol–water partition coefficient (Wildman–Crippen LogP) is 1.75. The van der Waals surface area contributed by atoms with Gasteiger partial charge < -0.3 is 13.8 Å². The fourth-order valence-electron chi connectivity index (χ4n) is 1.45. The van der Waals surface area contributed by atoms with Crippen LogP contribution in [0.4, 0.5) is 5.69 Å². The van der Waals surface area contributed by atoms with Gasteiger partial charge in [-0.2, -0.15) is 0 Å². The number of ether oxygens (including phenoxy) is 1. The number of nitro groups is 1. The highest BCUT2D eigenvalue weighted by molar-refractivity contribution is 8.10. The largest absolute Gasteiger partial charge is 0.372 e. The van der Waals surface area contributed by atoms with Gasteiger partial charge in [0.1, 0.15) is 9.63 Å². The fraction of sp³-hybridized carbons (Fsp3) is 0.400. The molecule has 1 aromatic rings. The molecule has 0 amide bonds. The summed E-state index contributed by atoms with van der Waals surface area (Å²) in [6, 6.07) is 4.52. The van der Waals surface area contributed by atoms with E-state index < -0.39 is 26.4 Å². The Bertz CT molecular complexity index is 533. The summed E-state index contributed by atoms with van der Waals surface area (Å²) in [7, 11) is -5.05. The molecule has 1 saturated heterocycles. The number of benzene rings is 1. The van der Waals surface area contributed by atoms with Crippen molar-refractivity contribution in [2.24, 2.45) is 0 Å². The van der Waals surface area contributed by atoms with Crippen molar-refractivity contribution in [3.05, 3.63) is 34.4 Å². The van der Waals surface area contributed by atoms with Gasteiger partial charge in [-0.25, -0.2) is 4.21 Å². The highest BCUT2D eigenvalue weighted by Gasteiger charge is 2.41. The van der Waals surface area contributed by atoms with E-state index in [4.69, 9.17) is 4.74 Å². The third kappa shape index (κ3) is 3.10. The lowest BCUT2D eigenvalue weighted by Crippen LogP contribution is -2.37. The lowest BCUT2D eigenvalue weighted by Gasteiger charge is -2.29. The summed E-state index contributed by atoms with van der Waals surface area (Å²) < 4.78 is 36.4.